The number of hydrogen-bond acceptors (Lipinski definition) is 2. The number of para-hydroxylation sites is 1. The van der Waals surface area contributed by atoms with E-state index >= 15 is 0 Å². The van der Waals surface area contributed by atoms with Crippen molar-refractivity contribution in [1.29, 1.82) is 0 Å². The van der Waals surface area contributed by atoms with Crippen LogP contribution in [-0.2, 0) is 0 Å². The van der Waals surface area contributed by atoms with Gasteiger partial charge in [0.2, 0.25) is 0 Å². The molecule has 0 saturated heterocycles. The molecule has 0 fully saturated rings. The van der Waals surface area contributed by atoms with E-state index in [1.807, 2.05) is 65.0 Å². The van der Waals surface area contributed by atoms with Crippen LogP contribution in [0.5, 0.6) is 0 Å². The van der Waals surface area contributed by atoms with Crippen LogP contribution in [0.25, 0.3) is 0 Å². The van der Waals surface area contributed by atoms with E-state index in [1.165, 1.54) is 0 Å². The Morgan fingerprint density at radius 2 is 1.62 bits per heavy atom. The molecule has 2 N–H and O–H groups in total. The fourth-order valence-electron chi connectivity index (χ4n) is 1.72. The second-order valence-corrected chi connectivity index (χ2v) is 3.66. The molecule has 1 aromatic rings. The molecule has 0 spiro atoms. The molecule has 1 aromatic carbocycles. The Kier molecular flexibility index (Phi) is 9.35. The largest absolute Gasteiger partial charge is 0.353 e. The Hall–Kier alpha value is -2.29. The zero-order valence-electron chi connectivity index (χ0n) is 13.7. The van der Waals surface area contributed by atoms with E-state index in [-0.39, 0.29) is 5.91 Å². The minimum Gasteiger partial charge on any atom is -0.353 e. The van der Waals surface area contributed by atoms with Gasteiger partial charge in [-0.2, -0.15) is 0 Å². The average Bonchev–Trinajstić information content (AvgIpc) is 2.69. The first-order chi connectivity index (χ1) is 10.3. The van der Waals surface area contributed by atoms with E-state index in [9.17, 15) is 4.79 Å². The quantitative estimate of drug-likeness (QED) is 0.814. The third-order valence-corrected chi connectivity index (χ3v) is 2.52. The summed E-state index contributed by atoms with van der Waals surface area (Å²) in [6, 6.07) is 7.40. The Labute approximate surface area is 128 Å². The molecule has 0 saturated carbocycles. The molecular weight excluding hydrogens is 260 g/mol. The van der Waals surface area contributed by atoms with Gasteiger partial charge in [0.05, 0.1) is 22.6 Å². The van der Waals surface area contributed by atoms with Gasteiger partial charge >= 0.3 is 0 Å². The summed E-state index contributed by atoms with van der Waals surface area (Å²) in [6.45, 7) is 13.6. The highest BCUT2D eigenvalue weighted by Crippen LogP contribution is 2.22. The molecule has 0 bridgehead atoms. The lowest BCUT2D eigenvalue weighted by Crippen LogP contribution is -2.21. The highest BCUT2D eigenvalue weighted by atomic mass is 16.1. The number of nitrogens with one attached hydrogen (secondary N) is 2. The summed E-state index contributed by atoms with van der Waals surface area (Å²) >= 11 is 0. The van der Waals surface area contributed by atoms with Crippen LogP contribution in [0, 0.1) is 0 Å². The van der Waals surface area contributed by atoms with E-state index in [1.54, 1.807) is 12.1 Å². The van der Waals surface area contributed by atoms with Gasteiger partial charge in [-0.15, -0.1) is 0 Å². The first kappa shape index (κ1) is 18.7. The second-order valence-electron chi connectivity index (χ2n) is 3.66. The molecule has 0 aromatic heterocycles. The van der Waals surface area contributed by atoms with Crippen molar-refractivity contribution in [3.63, 3.8) is 0 Å². The number of fused-ring (bicyclic) bond motifs is 1. The molecule has 0 atom stereocenters. The van der Waals surface area contributed by atoms with Gasteiger partial charge in [-0.05, 0) is 31.2 Å². The smallest absolute Gasteiger partial charge is 0.257 e. The number of rotatable bonds is 2. The van der Waals surface area contributed by atoms with Crippen molar-refractivity contribution in [2.45, 2.75) is 34.6 Å². The molecule has 114 valence electrons. The maximum absolute atomic E-state index is 12.0. The van der Waals surface area contributed by atoms with Gasteiger partial charge in [-0.25, -0.2) is 0 Å². The monoisotopic (exact) mass is 286 g/mol. The fourth-order valence-corrected chi connectivity index (χ4v) is 1.72. The highest BCUT2D eigenvalue weighted by Gasteiger charge is 2.17. The lowest BCUT2D eigenvalue weighted by atomic mass is 10.1. The number of hydrogen-bond donors (Lipinski definition) is 2. The van der Waals surface area contributed by atoms with E-state index in [4.69, 9.17) is 0 Å². The van der Waals surface area contributed by atoms with Crippen molar-refractivity contribution in [1.82, 2.24) is 5.32 Å². The van der Waals surface area contributed by atoms with Crippen molar-refractivity contribution in [2.75, 3.05) is 5.32 Å². The van der Waals surface area contributed by atoms with Gasteiger partial charge < -0.3 is 10.6 Å². The number of allylic oxidation sites excluding steroid dienone is 3. The minimum atomic E-state index is -0.123. The zero-order chi connectivity index (χ0) is 16.3. The Morgan fingerprint density at radius 1 is 1.00 bits per heavy atom. The predicted octanol–water partition coefficient (Wildman–Crippen LogP) is 4.87. The normalized spacial score (nSPS) is 12.7. The molecule has 1 amide bonds. The molecule has 21 heavy (non-hydrogen) atoms. The number of carbonyl (C=O) groups is 1. The summed E-state index contributed by atoms with van der Waals surface area (Å²) in [4.78, 5) is 12.0. The third kappa shape index (κ3) is 4.95. The summed E-state index contributed by atoms with van der Waals surface area (Å²) in [5, 5.41) is 6.06. The summed E-state index contributed by atoms with van der Waals surface area (Å²) < 4.78 is 0. The molecule has 3 heteroatoms. The van der Waals surface area contributed by atoms with Gasteiger partial charge in [-0.1, -0.05) is 52.5 Å². The molecule has 1 aliphatic heterocycles. The molecule has 2 rings (SSSR count). The lowest BCUT2D eigenvalue weighted by Gasteiger charge is -2.07. The van der Waals surface area contributed by atoms with Crippen LogP contribution in [-0.4, -0.2) is 5.91 Å². The lowest BCUT2D eigenvalue weighted by molar-refractivity contribution is 0.0968. The SMILES string of the molecule is C=CC1=C(/C=C\C)Nc2ccccc2C(=O)N1.CC.CC. The second kappa shape index (κ2) is 10.5. The molecule has 0 unspecified atom stereocenters. The van der Waals surface area contributed by atoms with Gasteiger partial charge in [0.25, 0.3) is 5.91 Å². The molecule has 1 heterocycles. The molecule has 0 aliphatic carbocycles. The first-order valence-corrected chi connectivity index (χ1v) is 7.43. The highest BCUT2D eigenvalue weighted by molar-refractivity contribution is 6.02. The average molecular weight is 286 g/mol. The fraction of sp³-hybridized carbons (Fsp3) is 0.278. The zero-order valence-corrected chi connectivity index (χ0v) is 13.7. The molecular formula is C18H26N2O. The number of amides is 1. The van der Waals surface area contributed by atoms with Crippen molar-refractivity contribution >= 4 is 11.6 Å². The van der Waals surface area contributed by atoms with Crippen LogP contribution in [0.3, 0.4) is 0 Å². The van der Waals surface area contributed by atoms with Crippen LogP contribution in [0.2, 0.25) is 0 Å². The van der Waals surface area contributed by atoms with Crippen molar-refractivity contribution in [2.24, 2.45) is 0 Å². The van der Waals surface area contributed by atoms with Crippen LogP contribution in [0.1, 0.15) is 45.0 Å². The van der Waals surface area contributed by atoms with Crippen LogP contribution in [0.15, 0.2) is 60.5 Å². The number of carbonyl (C=O) groups excluding carboxylic acids is 1. The molecule has 1 aliphatic rings. The van der Waals surface area contributed by atoms with E-state index in [0.717, 1.165) is 11.4 Å². The van der Waals surface area contributed by atoms with Gasteiger partial charge in [-0.3, -0.25) is 4.79 Å². The predicted molar refractivity (Wildman–Crippen MR) is 92.3 cm³/mol. The Morgan fingerprint density at radius 3 is 2.19 bits per heavy atom. The van der Waals surface area contributed by atoms with Crippen molar-refractivity contribution < 1.29 is 4.79 Å². The van der Waals surface area contributed by atoms with E-state index in [0.29, 0.717) is 11.3 Å². The first-order valence-electron chi connectivity index (χ1n) is 7.43. The van der Waals surface area contributed by atoms with Gasteiger partial charge in [0.1, 0.15) is 0 Å². The topological polar surface area (TPSA) is 41.1 Å². The standard InChI is InChI=1S/C14H14N2O.2C2H6/c1-3-7-13-11(4-2)16-14(17)10-8-5-6-9-12(10)15-13;2*1-2/h3-9,15H,2H2,1H3,(H,16,17);2*1-2H3/b7-3-;;. The maximum atomic E-state index is 12.0. The Balaban J connectivity index is 0.000000921. The molecule has 3 nitrogen and oxygen atoms in total. The summed E-state index contributed by atoms with van der Waals surface area (Å²) in [5.74, 6) is -0.123. The van der Waals surface area contributed by atoms with E-state index < -0.39 is 0 Å². The van der Waals surface area contributed by atoms with Crippen molar-refractivity contribution in [3.05, 3.63) is 66.0 Å². The van der Waals surface area contributed by atoms with E-state index in [2.05, 4.69) is 17.2 Å². The van der Waals surface area contributed by atoms with Crippen LogP contribution in [0.4, 0.5) is 5.69 Å². The third-order valence-electron chi connectivity index (χ3n) is 2.52. The Bertz CT molecular complexity index is 528. The summed E-state index contributed by atoms with van der Waals surface area (Å²) in [6.07, 6.45) is 5.44. The van der Waals surface area contributed by atoms with Gasteiger partial charge in [0, 0.05) is 0 Å². The van der Waals surface area contributed by atoms with Crippen molar-refractivity contribution in [3.8, 4) is 0 Å². The summed E-state index contributed by atoms with van der Waals surface area (Å²) in [5.41, 5.74) is 2.95. The van der Waals surface area contributed by atoms with Gasteiger partial charge in [0.15, 0.2) is 0 Å². The van der Waals surface area contributed by atoms with Crippen LogP contribution < -0.4 is 10.6 Å². The molecule has 0 radical (unpaired) electrons. The minimum absolute atomic E-state index is 0.123. The van der Waals surface area contributed by atoms with Crippen LogP contribution >= 0.6 is 0 Å². The number of anilines is 1. The maximum Gasteiger partial charge on any atom is 0.257 e. The number of benzene rings is 1. The summed E-state index contributed by atoms with van der Waals surface area (Å²) in [7, 11) is 0.